The molecule has 1 unspecified atom stereocenters. The van der Waals surface area contributed by atoms with Gasteiger partial charge in [0, 0.05) is 30.1 Å². The predicted molar refractivity (Wildman–Crippen MR) is 92.9 cm³/mol. The molecule has 0 fully saturated rings. The lowest BCUT2D eigenvalue weighted by molar-refractivity contribution is 0.493. The maximum absolute atomic E-state index is 5.92. The van der Waals surface area contributed by atoms with Gasteiger partial charge in [-0.3, -0.25) is 4.99 Å². The van der Waals surface area contributed by atoms with E-state index in [0.717, 1.165) is 37.4 Å². The average Bonchev–Trinajstić information content (AvgIpc) is 2.80. The van der Waals surface area contributed by atoms with Crippen molar-refractivity contribution < 1.29 is 0 Å². The molecule has 0 saturated heterocycles. The van der Waals surface area contributed by atoms with Gasteiger partial charge in [-0.05, 0) is 32.6 Å². The quantitative estimate of drug-likeness (QED) is 0.417. The van der Waals surface area contributed by atoms with E-state index in [2.05, 4.69) is 41.4 Å². The molecule has 1 heterocycles. The Balaban J connectivity index is 2.14. The number of nitrogens with one attached hydrogen (secondary N) is 1. The summed E-state index contributed by atoms with van der Waals surface area (Å²) in [5, 5.41) is 6.55. The van der Waals surface area contributed by atoms with Crippen molar-refractivity contribution in [2.75, 3.05) is 6.54 Å². The standard InChI is InChI=1S/C16H30N4S/c1-12(2)7-5-8-13(3)20-16(17)18-10-6-9-15-19-14(4)11-21-15/h11-13H,5-10H2,1-4H3,(H3,17,18,20). The van der Waals surface area contributed by atoms with Gasteiger partial charge in [0.2, 0.25) is 0 Å². The van der Waals surface area contributed by atoms with Gasteiger partial charge in [-0.25, -0.2) is 4.98 Å². The Bertz CT molecular complexity index is 426. The van der Waals surface area contributed by atoms with E-state index in [-0.39, 0.29) is 0 Å². The van der Waals surface area contributed by atoms with Crippen LogP contribution < -0.4 is 11.1 Å². The number of nitrogens with two attached hydrogens (primary N) is 1. The van der Waals surface area contributed by atoms with Crippen molar-refractivity contribution in [3.05, 3.63) is 16.1 Å². The van der Waals surface area contributed by atoms with Crippen LogP contribution in [0.1, 0.15) is 57.2 Å². The van der Waals surface area contributed by atoms with Gasteiger partial charge in [-0.1, -0.05) is 26.7 Å². The highest BCUT2D eigenvalue weighted by molar-refractivity contribution is 7.09. The molecule has 0 aliphatic rings. The lowest BCUT2D eigenvalue weighted by atomic mass is 10.0. The number of hydrogen-bond acceptors (Lipinski definition) is 3. The zero-order chi connectivity index (χ0) is 15.7. The maximum Gasteiger partial charge on any atom is 0.188 e. The van der Waals surface area contributed by atoms with E-state index in [1.54, 1.807) is 11.3 Å². The molecule has 1 rings (SSSR count). The van der Waals surface area contributed by atoms with Gasteiger partial charge in [0.25, 0.3) is 0 Å². The van der Waals surface area contributed by atoms with Crippen molar-refractivity contribution in [3.8, 4) is 0 Å². The molecule has 1 atom stereocenters. The van der Waals surface area contributed by atoms with E-state index in [1.165, 1.54) is 17.8 Å². The molecule has 3 N–H and O–H groups in total. The van der Waals surface area contributed by atoms with Crippen LogP contribution in [0.15, 0.2) is 10.4 Å². The summed E-state index contributed by atoms with van der Waals surface area (Å²) in [7, 11) is 0. The van der Waals surface area contributed by atoms with Crippen LogP contribution in [0.3, 0.4) is 0 Å². The largest absolute Gasteiger partial charge is 0.370 e. The number of aromatic nitrogens is 1. The fraction of sp³-hybridized carbons (Fsp3) is 0.750. The molecule has 0 aromatic carbocycles. The molecule has 0 aliphatic carbocycles. The normalized spacial score (nSPS) is 13.7. The number of aryl methyl sites for hydroxylation is 2. The molecule has 0 bridgehead atoms. The van der Waals surface area contributed by atoms with E-state index in [4.69, 9.17) is 5.73 Å². The molecular formula is C16H30N4S. The number of thiazole rings is 1. The van der Waals surface area contributed by atoms with Crippen LogP contribution in [0, 0.1) is 12.8 Å². The van der Waals surface area contributed by atoms with Crippen molar-refractivity contribution in [1.82, 2.24) is 10.3 Å². The summed E-state index contributed by atoms with van der Waals surface area (Å²) in [4.78, 5) is 8.84. The lowest BCUT2D eigenvalue weighted by Gasteiger charge is -2.15. The minimum Gasteiger partial charge on any atom is -0.370 e. The summed E-state index contributed by atoms with van der Waals surface area (Å²) >= 11 is 1.72. The second-order valence-electron chi connectivity index (χ2n) is 6.12. The highest BCUT2D eigenvalue weighted by Gasteiger charge is 2.04. The van der Waals surface area contributed by atoms with Gasteiger partial charge in [-0.2, -0.15) is 0 Å². The Hall–Kier alpha value is -1.10. The summed E-state index contributed by atoms with van der Waals surface area (Å²) in [5.41, 5.74) is 7.02. The van der Waals surface area contributed by atoms with Crippen molar-refractivity contribution >= 4 is 17.3 Å². The molecule has 4 nitrogen and oxygen atoms in total. The van der Waals surface area contributed by atoms with E-state index < -0.39 is 0 Å². The lowest BCUT2D eigenvalue weighted by Crippen LogP contribution is -2.38. The number of hydrogen-bond donors (Lipinski definition) is 2. The van der Waals surface area contributed by atoms with Crippen molar-refractivity contribution in [2.45, 2.75) is 65.8 Å². The minimum atomic E-state index is 0.397. The Morgan fingerprint density at radius 2 is 2.10 bits per heavy atom. The van der Waals surface area contributed by atoms with Crippen molar-refractivity contribution in [2.24, 2.45) is 16.6 Å². The molecular weight excluding hydrogens is 280 g/mol. The number of aliphatic imine (C=N–C) groups is 1. The first-order valence-electron chi connectivity index (χ1n) is 7.95. The summed E-state index contributed by atoms with van der Waals surface area (Å²) in [6.45, 7) is 9.48. The molecule has 0 spiro atoms. The Kier molecular flexibility index (Phi) is 8.35. The molecule has 1 aromatic heterocycles. The van der Waals surface area contributed by atoms with Crippen LogP contribution in [-0.2, 0) is 6.42 Å². The SMILES string of the molecule is Cc1csc(CCCN=C(N)NC(C)CCCC(C)C)n1. The molecule has 0 radical (unpaired) electrons. The van der Waals surface area contributed by atoms with Gasteiger partial charge in [0.05, 0.1) is 5.01 Å². The molecule has 0 aliphatic heterocycles. The molecule has 0 amide bonds. The first-order valence-corrected chi connectivity index (χ1v) is 8.82. The van der Waals surface area contributed by atoms with E-state index in [0.29, 0.717) is 12.0 Å². The van der Waals surface area contributed by atoms with E-state index in [9.17, 15) is 0 Å². The monoisotopic (exact) mass is 310 g/mol. The fourth-order valence-corrected chi connectivity index (χ4v) is 2.97. The van der Waals surface area contributed by atoms with Gasteiger partial charge in [0.1, 0.15) is 0 Å². The molecule has 1 aromatic rings. The summed E-state index contributed by atoms with van der Waals surface area (Å²) in [6, 6.07) is 0.397. The molecule has 5 heteroatoms. The van der Waals surface area contributed by atoms with Gasteiger partial charge < -0.3 is 11.1 Å². The fourth-order valence-electron chi connectivity index (χ4n) is 2.15. The molecule has 0 saturated carbocycles. The minimum absolute atomic E-state index is 0.397. The highest BCUT2D eigenvalue weighted by Crippen LogP contribution is 2.10. The Morgan fingerprint density at radius 3 is 2.71 bits per heavy atom. The number of guanidine groups is 1. The van der Waals surface area contributed by atoms with Crippen LogP contribution in [0.5, 0.6) is 0 Å². The second kappa shape index (κ2) is 9.77. The number of nitrogens with zero attached hydrogens (tertiary/aromatic N) is 2. The highest BCUT2D eigenvalue weighted by atomic mass is 32.1. The third-order valence-corrected chi connectivity index (χ3v) is 4.34. The summed E-state index contributed by atoms with van der Waals surface area (Å²) in [6.07, 6.45) is 5.64. The molecule has 120 valence electrons. The van der Waals surface area contributed by atoms with Crippen molar-refractivity contribution in [3.63, 3.8) is 0 Å². The third kappa shape index (κ3) is 8.71. The van der Waals surface area contributed by atoms with Crippen LogP contribution in [0.4, 0.5) is 0 Å². The summed E-state index contributed by atoms with van der Waals surface area (Å²) in [5.74, 6) is 1.35. The van der Waals surface area contributed by atoms with Crippen LogP contribution in [0.2, 0.25) is 0 Å². The Labute approximate surface area is 133 Å². The predicted octanol–water partition coefficient (Wildman–Crippen LogP) is 3.50. The first-order chi connectivity index (χ1) is 9.97. The maximum atomic E-state index is 5.92. The third-order valence-electron chi connectivity index (χ3n) is 3.31. The topological polar surface area (TPSA) is 63.3 Å². The average molecular weight is 311 g/mol. The van der Waals surface area contributed by atoms with Crippen LogP contribution >= 0.6 is 11.3 Å². The van der Waals surface area contributed by atoms with E-state index in [1.807, 2.05) is 6.92 Å². The first kappa shape index (κ1) is 18.0. The number of rotatable bonds is 9. The smallest absolute Gasteiger partial charge is 0.188 e. The zero-order valence-electron chi connectivity index (χ0n) is 13.9. The summed E-state index contributed by atoms with van der Waals surface area (Å²) < 4.78 is 0. The van der Waals surface area contributed by atoms with E-state index >= 15 is 0 Å². The van der Waals surface area contributed by atoms with Gasteiger partial charge in [0.15, 0.2) is 5.96 Å². The second-order valence-corrected chi connectivity index (χ2v) is 7.07. The molecule has 21 heavy (non-hydrogen) atoms. The van der Waals surface area contributed by atoms with Crippen LogP contribution in [-0.4, -0.2) is 23.5 Å². The van der Waals surface area contributed by atoms with Gasteiger partial charge >= 0.3 is 0 Å². The van der Waals surface area contributed by atoms with Gasteiger partial charge in [-0.15, -0.1) is 11.3 Å². The van der Waals surface area contributed by atoms with Crippen LogP contribution in [0.25, 0.3) is 0 Å². The van der Waals surface area contributed by atoms with Crippen molar-refractivity contribution in [1.29, 1.82) is 0 Å². The Morgan fingerprint density at radius 1 is 1.33 bits per heavy atom. The zero-order valence-corrected chi connectivity index (χ0v) is 14.7.